The van der Waals surface area contributed by atoms with Gasteiger partial charge in [0.05, 0.1) is 5.54 Å². The lowest BCUT2D eigenvalue weighted by molar-refractivity contribution is -0.129. The highest BCUT2D eigenvalue weighted by molar-refractivity contribution is 5.79. The van der Waals surface area contributed by atoms with Crippen molar-refractivity contribution in [3.8, 4) is 0 Å². The van der Waals surface area contributed by atoms with Gasteiger partial charge >= 0.3 is 0 Å². The Morgan fingerprint density at radius 1 is 1.50 bits per heavy atom. The topological polar surface area (TPSA) is 67.6 Å². The number of amides is 1. The van der Waals surface area contributed by atoms with Crippen LogP contribution in [-0.2, 0) is 9.53 Å². The minimum atomic E-state index is -0.0372. The Hall–Kier alpha value is -0.650. The molecule has 0 aliphatic carbocycles. The highest BCUT2D eigenvalue weighted by Gasteiger charge is 2.43. The Kier molecular flexibility index (Phi) is 2.71. The maximum atomic E-state index is 11.6. The van der Waals surface area contributed by atoms with Gasteiger partial charge in [-0.2, -0.15) is 0 Å². The predicted molar refractivity (Wildman–Crippen MR) is 51.3 cm³/mol. The van der Waals surface area contributed by atoms with Crippen LogP contribution in [0.3, 0.4) is 0 Å². The number of nitrogens with one attached hydrogen (secondary N) is 1. The van der Waals surface area contributed by atoms with E-state index in [0.717, 1.165) is 26.1 Å². The van der Waals surface area contributed by atoms with E-state index in [1.165, 1.54) is 0 Å². The molecule has 1 spiro atoms. The molecule has 1 amide bonds. The lowest BCUT2D eigenvalue weighted by atomic mass is 9.89. The number of carbonyl (C=O) groups excluding carboxylic acids is 1. The number of carbonyl (C=O) groups is 1. The first-order valence-corrected chi connectivity index (χ1v) is 5.12. The lowest BCUT2D eigenvalue weighted by Gasteiger charge is -2.33. The molecule has 2 aliphatic rings. The molecule has 3 N–H and O–H groups in total. The normalized spacial score (nSPS) is 26.1. The summed E-state index contributed by atoms with van der Waals surface area (Å²) in [7, 11) is 0. The van der Waals surface area contributed by atoms with Crippen molar-refractivity contribution >= 4 is 5.91 Å². The molecule has 0 aromatic heterocycles. The van der Waals surface area contributed by atoms with Gasteiger partial charge in [-0.25, -0.2) is 5.43 Å². The molecular weight excluding hydrogens is 182 g/mol. The van der Waals surface area contributed by atoms with Gasteiger partial charge in [-0.05, 0) is 12.8 Å². The molecule has 5 nitrogen and oxygen atoms in total. The smallest absolute Gasteiger partial charge is 0.238 e. The van der Waals surface area contributed by atoms with Crippen molar-refractivity contribution in [1.82, 2.24) is 10.4 Å². The summed E-state index contributed by atoms with van der Waals surface area (Å²) in [6, 6.07) is 0. The van der Waals surface area contributed by atoms with Crippen LogP contribution in [0.5, 0.6) is 0 Å². The zero-order chi connectivity index (χ0) is 10.0. The van der Waals surface area contributed by atoms with Gasteiger partial charge in [0.15, 0.2) is 0 Å². The van der Waals surface area contributed by atoms with Crippen molar-refractivity contribution in [2.45, 2.75) is 24.8 Å². The number of nitrogens with two attached hydrogens (primary N) is 1. The van der Waals surface area contributed by atoms with Crippen molar-refractivity contribution in [2.24, 2.45) is 5.73 Å². The predicted octanol–water partition coefficient (Wildman–Crippen LogP) is -0.769. The highest BCUT2D eigenvalue weighted by atomic mass is 16.5. The molecule has 0 saturated carbocycles. The molecule has 2 fully saturated rings. The van der Waals surface area contributed by atoms with Crippen molar-refractivity contribution in [2.75, 3.05) is 26.3 Å². The Labute approximate surface area is 83.5 Å². The zero-order valence-corrected chi connectivity index (χ0v) is 8.29. The third-order valence-electron chi connectivity index (χ3n) is 2.97. The van der Waals surface area contributed by atoms with Crippen molar-refractivity contribution in [3.05, 3.63) is 0 Å². The standard InChI is InChI=1S/C9H17N3O2/c10-3-4-12-8(13)7-9(11-12)1-5-14-6-2-9/h11H,1-7,10H2. The van der Waals surface area contributed by atoms with Crippen LogP contribution in [-0.4, -0.2) is 42.8 Å². The van der Waals surface area contributed by atoms with Gasteiger partial charge in [0.25, 0.3) is 0 Å². The fourth-order valence-corrected chi connectivity index (χ4v) is 2.13. The molecular formula is C9H17N3O2. The minimum Gasteiger partial charge on any atom is -0.381 e. The number of hydrogen-bond donors (Lipinski definition) is 2. The van der Waals surface area contributed by atoms with E-state index in [2.05, 4.69) is 5.43 Å². The number of hydrogen-bond acceptors (Lipinski definition) is 4. The van der Waals surface area contributed by atoms with Gasteiger partial charge < -0.3 is 10.5 Å². The second kappa shape index (κ2) is 3.84. The van der Waals surface area contributed by atoms with Crippen LogP contribution in [0.4, 0.5) is 0 Å². The first kappa shape index (κ1) is 9.89. The van der Waals surface area contributed by atoms with Gasteiger partial charge in [0, 0.05) is 32.7 Å². The molecule has 0 aromatic rings. The largest absolute Gasteiger partial charge is 0.381 e. The van der Waals surface area contributed by atoms with Gasteiger partial charge in [-0.1, -0.05) is 0 Å². The summed E-state index contributed by atoms with van der Waals surface area (Å²) in [5.41, 5.74) is 8.67. The summed E-state index contributed by atoms with van der Waals surface area (Å²) in [5.74, 6) is 0.164. The van der Waals surface area contributed by atoms with Crippen LogP contribution in [0.25, 0.3) is 0 Å². The summed E-state index contributed by atoms with van der Waals surface area (Å²) in [6.45, 7) is 2.60. The van der Waals surface area contributed by atoms with Crippen LogP contribution in [0.1, 0.15) is 19.3 Å². The number of ether oxygens (including phenoxy) is 1. The van der Waals surface area contributed by atoms with E-state index in [1.807, 2.05) is 0 Å². The van der Waals surface area contributed by atoms with E-state index < -0.39 is 0 Å². The highest BCUT2D eigenvalue weighted by Crippen LogP contribution is 2.29. The van der Waals surface area contributed by atoms with E-state index in [-0.39, 0.29) is 11.4 Å². The van der Waals surface area contributed by atoms with E-state index in [4.69, 9.17) is 10.5 Å². The molecule has 80 valence electrons. The third kappa shape index (κ3) is 1.75. The summed E-state index contributed by atoms with van der Waals surface area (Å²) >= 11 is 0. The van der Waals surface area contributed by atoms with E-state index in [1.54, 1.807) is 5.01 Å². The number of nitrogens with zero attached hydrogens (tertiary/aromatic N) is 1. The Balaban J connectivity index is 1.99. The average molecular weight is 199 g/mol. The summed E-state index contributed by atoms with van der Waals surface area (Å²) in [4.78, 5) is 11.6. The molecule has 0 unspecified atom stereocenters. The quantitative estimate of drug-likeness (QED) is 0.613. The first-order valence-electron chi connectivity index (χ1n) is 5.12. The molecule has 0 bridgehead atoms. The molecule has 2 saturated heterocycles. The van der Waals surface area contributed by atoms with Gasteiger partial charge in [-0.15, -0.1) is 0 Å². The summed E-state index contributed by atoms with van der Waals surface area (Å²) in [6.07, 6.45) is 2.43. The van der Waals surface area contributed by atoms with Crippen LogP contribution >= 0.6 is 0 Å². The van der Waals surface area contributed by atoms with Crippen LogP contribution in [0.2, 0.25) is 0 Å². The minimum absolute atomic E-state index is 0.0372. The maximum absolute atomic E-state index is 11.6. The fraction of sp³-hybridized carbons (Fsp3) is 0.889. The summed E-state index contributed by atoms with van der Waals surface area (Å²) < 4.78 is 5.29. The number of rotatable bonds is 2. The fourth-order valence-electron chi connectivity index (χ4n) is 2.13. The summed E-state index contributed by atoms with van der Waals surface area (Å²) in [5, 5.41) is 1.66. The monoisotopic (exact) mass is 199 g/mol. The lowest BCUT2D eigenvalue weighted by Crippen LogP contribution is -2.50. The van der Waals surface area contributed by atoms with E-state index in [0.29, 0.717) is 19.5 Å². The van der Waals surface area contributed by atoms with Crippen LogP contribution in [0.15, 0.2) is 0 Å². The molecule has 14 heavy (non-hydrogen) atoms. The van der Waals surface area contributed by atoms with Crippen LogP contribution < -0.4 is 11.2 Å². The van der Waals surface area contributed by atoms with E-state index >= 15 is 0 Å². The third-order valence-corrected chi connectivity index (χ3v) is 2.97. The molecule has 0 aromatic carbocycles. The number of hydrazine groups is 1. The van der Waals surface area contributed by atoms with Crippen LogP contribution in [0, 0.1) is 0 Å². The Morgan fingerprint density at radius 3 is 2.86 bits per heavy atom. The van der Waals surface area contributed by atoms with Crippen molar-refractivity contribution in [3.63, 3.8) is 0 Å². The second-order valence-corrected chi connectivity index (χ2v) is 4.02. The van der Waals surface area contributed by atoms with Gasteiger partial charge in [-0.3, -0.25) is 9.80 Å². The molecule has 2 aliphatic heterocycles. The Morgan fingerprint density at radius 2 is 2.21 bits per heavy atom. The average Bonchev–Trinajstić information content (AvgIpc) is 2.45. The van der Waals surface area contributed by atoms with Gasteiger partial charge in [0.2, 0.25) is 5.91 Å². The van der Waals surface area contributed by atoms with Crippen molar-refractivity contribution < 1.29 is 9.53 Å². The Bertz CT molecular complexity index is 226. The molecule has 2 heterocycles. The molecule has 5 heteroatoms. The zero-order valence-electron chi connectivity index (χ0n) is 8.29. The maximum Gasteiger partial charge on any atom is 0.238 e. The first-order chi connectivity index (χ1) is 6.76. The van der Waals surface area contributed by atoms with Crippen molar-refractivity contribution in [1.29, 1.82) is 0 Å². The molecule has 2 rings (SSSR count). The molecule has 0 radical (unpaired) electrons. The van der Waals surface area contributed by atoms with E-state index in [9.17, 15) is 4.79 Å². The van der Waals surface area contributed by atoms with Gasteiger partial charge in [0.1, 0.15) is 0 Å². The SMILES string of the molecule is NCCN1NC2(CCOCC2)CC1=O. The second-order valence-electron chi connectivity index (χ2n) is 4.02. The molecule has 0 atom stereocenters.